The summed E-state index contributed by atoms with van der Waals surface area (Å²) in [6, 6.07) is 0. The van der Waals surface area contributed by atoms with E-state index in [1.54, 1.807) is 0 Å². The Bertz CT molecular complexity index is 114. The van der Waals surface area contributed by atoms with E-state index in [0.29, 0.717) is 0 Å². The monoisotopic (exact) mass is 232 g/mol. The van der Waals surface area contributed by atoms with Gasteiger partial charge in [-0.3, -0.25) is 0 Å². The first-order valence-electron chi connectivity index (χ1n) is 7.06. The predicted molar refractivity (Wildman–Crippen MR) is 68.4 cm³/mol. The minimum absolute atomic E-state index is 0.274. The lowest BCUT2D eigenvalue weighted by Gasteiger charge is -2.07. The van der Waals surface area contributed by atoms with Crippen LogP contribution in [-0.2, 0) is 0 Å². The van der Waals surface area contributed by atoms with Crippen molar-refractivity contribution in [2.75, 3.05) is 6.61 Å². The molecule has 0 spiro atoms. The molecule has 0 saturated heterocycles. The Morgan fingerprint density at radius 3 is 1.81 bits per heavy atom. The minimum atomic E-state index is -0.587. The van der Waals surface area contributed by atoms with Gasteiger partial charge in [0.25, 0.3) is 0 Å². The molecule has 1 N–H and O–H groups in total. The van der Waals surface area contributed by atoms with Crippen LogP contribution in [0.1, 0.15) is 77.6 Å². The van der Waals surface area contributed by atoms with Crippen LogP contribution in [0.3, 0.4) is 0 Å². The van der Waals surface area contributed by atoms with Crippen LogP contribution in [0.15, 0.2) is 0 Å². The van der Waals surface area contributed by atoms with Gasteiger partial charge in [-0.05, 0) is 19.3 Å². The van der Waals surface area contributed by atoms with Crippen LogP contribution in [0, 0.1) is 0 Å². The van der Waals surface area contributed by atoms with Crippen LogP contribution in [0.25, 0.3) is 0 Å². The highest BCUT2D eigenvalue weighted by Gasteiger charge is 2.05. The summed E-state index contributed by atoms with van der Waals surface area (Å²) in [5.74, 6) is 0. The molecule has 0 rings (SSSR count). The maximum absolute atomic E-state index is 13.4. The normalized spacial score (nSPS) is 12.9. The fourth-order valence-electron chi connectivity index (χ4n) is 1.94. The van der Waals surface area contributed by atoms with Gasteiger partial charge in [0.1, 0.15) is 6.17 Å². The lowest BCUT2D eigenvalue weighted by Crippen LogP contribution is -2.00. The van der Waals surface area contributed by atoms with Gasteiger partial charge in [-0.2, -0.15) is 0 Å². The van der Waals surface area contributed by atoms with E-state index in [1.165, 1.54) is 25.7 Å². The Balaban J connectivity index is 3.09. The molecule has 0 aromatic carbocycles. The summed E-state index contributed by atoms with van der Waals surface area (Å²) < 4.78 is 13.4. The Kier molecular flexibility index (Phi) is 12.9. The maximum Gasteiger partial charge on any atom is 0.100 e. The van der Waals surface area contributed by atoms with Crippen molar-refractivity contribution in [2.45, 2.75) is 83.7 Å². The van der Waals surface area contributed by atoms with Gasteiger partial charge in [0, 0.05) is 6.61 Å². The summed E-state index contributed by atoms with van der Waals surface area (Å²) in [7, 11) is 0. The molecule has 0 heterocycles. The van der Waals surface area contributed by atoms with Gasteiger partial charge in [0.2, 0.25) is 0 Å². The van der Waals surface area contributed by atoms with E-state index in [-0.39, 0.29) is 6.61 Å². The Morgan fingerprint density at radius 2 is 1.31 bits per heavy atom. The number of halogens is 1. The molecule has 0 saturated carbocycles. The molecule has 0 fully saturated rings. The molecule has 0 radical (unpaired) electrons. The van der Waals surface area contributed by atoms with Gasteiger partial charge in [0.15, 0.2) is 0 Å². The smallest absolute Gasteiger partial charge is 0.100 e. The SMILES string of the molecule is CCCCCCCC(F)CCCCCCO. The van der Waals surface area contributed by atoms with Crippen LogP contribution >= 0.6 is 0 Å². The second kappa shape index (κ2) is 13.0. The zero-order valence-electron chi connectivity index (χ0n) is 10.9. The first-order valence-corrected chi connectivity index (χ1v) is 7.06. The van der Waals surface area contributed by atoms with Crippen molar-refractivity contribution >= 4 is 0 Å². The molecule has 0 aromatic heterocycles. The van der Waals surface area contributed by atoms with E-state index in [2.05, 4.69) is 6.92 Å². The van der Waals surface area contributed by atoms with Crippen molar-refractivity contribution in [3.63, 3.8) is 0 Å². The summed E-state index contributed by atoms with van der Waals surface area (Å²) in [5, 5.41) is 8.59. The molecule has 1 unspecified atom stereocenters. The number of aliphatic hydroxyl groups is 1. The Morgan fingerprint density at radius 1 is 0.812 bits per heavy atom. The largest absolute Gasteiger partial charge is 0.396 e. The van der Waals surface area contributed by atoms with E-state index < -0.39 is 6.17 Å². The van der Waals surface area contributed by atoms with Crippen LogP contribution in [0.2, 0.25) is 0 Å². The Hall–Kier alpha value is -0.110. The molecule has 0 aliphatic heterocycles. The van der Waals surface area contributed by atoms with E-state index in [1.807, 2.05) is 0 Å². The molecular formula is C14H29FO. The van der Waals surface area contributed by atoms with Crippen molar-refractivity contribution < 1.29 is 9.50 Å². The van der Waals surface area contributed by atoms with Gasteiger partial charge in [-0.15, -0.1) is 0 Å². The van der Waals surface area contributed by atoms with Crippen LogP contribution in [0.5, 0.6) is 0 Å². The topological polar surface area (TPSA) is 20.2 Å². The average molecular weight is 232 g/mol. The summed E-state index contributed by atoms with van der Waals surface area (Å²) in [4.78, 5) is 0. The molecule has 1 nitrogen and oxygen atoms in total. The van der Waals surface area contributed by atoms with Crippen LogP contribution < -0.4 is 0 Å². The first-order chi connectivity index (χ1) is 7.81. The van der Waals surface area contributed by atoms with Gasteiger partial charge < -0.3 is 5.11 Å². The fraction of sp³-hybridized carbons (Fsp3) is 1.00. The Labute approximate surface area is 100 Å². The van der Waals surface area contributed by atoms with E-state index in [4.69, 9.17) is 5.11 Å². The van der Waals surface area contributed by atoms with Gasteiger partial charge in [-0.25, -0.2) is 4.39 Å². The summed E-state index contributed by atoms with van der Waals surface area (Å²) in [5.41, 5.74) is 0. The van der Waals surface area contributed by atoms with Crippen molar-refractivity contribution in [3.8, 4) is 0 Å². The fourth-order valence-corrected chi connectivity index (χ4v) is 1.94. The number of aliphatic hydroxyl groups excluding tert-OH is 1. The number of hydrogen-bond donors (Lipinski definition) is 1. The highest BCUT2D eigenvalue weighted by Crippen LogP contribution is 2.15. The number of unbranched alkanes of at least 4 members (excludes halogenated alkanes) is 7. The van der Waals surface area contributed by atoms with Crippen molar-refractivity contribution in [1.82, 2.24) is 0 Å². The van der Waals surface area contributed by atoms with E-state index in [9.17, 15) is 4.39 Å². The molecule has 0 amide bonds. The van der Waals surface area contributed by atoms with Gasteiger partial charge in [-0.1, -0.05) is 58.3 Å². The zero-order chi connectivity index (χ0) is 12.1. The van der Waals surface area contributed by atoms with E-state index >= 15 is 0 Å². The second-order valence-corrected chi connectivity index (χ2v) is 4.73. The highest BCUT2D eigenvalue weighted by molar-refractivity contribution is 4.57. The third kappa shape index (κ3) is 12.0. The average Bonchev–Trinajstić information content (AvgIpc) is 2.28. The molecule has 0 aliphatic carbocycles. The number of rotatable bonds is 12. The molecule has 16 heavy (non-hydrogen) atoms. The number of alkyl halides is 1. The van der Waals surface area contributed by atoms with Crippen molar-refractivity contribution in [1.29, 1.82) is 0 Å². The van der Waals surface area contributed by atoms with E-state index in [0.717, 1.165) is 44.9 Å². The second-order valence-electron chi connectivity index (χ2n) is 4.73. The lowest BCUT2D eigenvalue weighted by molar-refractivity contribution is 0.268. The lowest BCUT2D eigenvalue weighted by atomic mass is 10.0. The van der Waals surface area contributed by atoms with Crippen LogP contribution in [0.4, 0.5) is 4.39 Å². The third-order valence-electron chi connectivity index (χ3n) is 3.05. The standard InChI is InChI=1S/C14H29FO/c1-2-3-4-5-8-11-14(15)12-9-6-7-10-13-16/h14,16H,2-13H2,1H3. The minimum Gasteiger partial charge on any atom is -0.396 e. The molecule has 2 heteroatoms. The molecule has 0 aromatic rings. The molecule has 0 aliphatic rings. The van der Waals surface area contributed by atoms with Crippen molar-refractivity contribution in [2.24, 2.45) is 0 Å². The molecule has 98 valence electrons. The molecule has 0 bridgehead atoms. The molecule has 1 atom stereocenters. The number of hydrogen-bond acceptors (Lipinski definition) is 1. The summed E-state index contributed by atoms with van der Waals surface area (Å²) in [6.45, 7) is 2.47. The highest BCUT2D eigenvalue weighted by atomic mass is 19.1. The zero-order valence-corrected chi connectivity index (χ0v) is 10.9. The van der Waals surface area contributed by atoms with Gasteiger partial charge >= 0.3 is 0 Å². The maximum atomic E-state index is 13.4. The first kappa shape index (κ1) is 15.9. The predicted octanol–water partition coefficient (Wildman–Crippen LogP) is 4.63. The quantitative estimate of drug-likeness (QED) is 0.486. The summed E-state index contributed by atoms with van der Waals surface area (Å²) >= 11 is 0. The summed E-state index contributed by atoms with van der Waals surface area (Å²) in [6.07, 6.45) is 10.9. The molecular weight excluding hydrogens is 203 g/mol. The van der Waals surface area contributed by atoms with Crippen molar-refractivity contribution in [3.05, 3.63) is 0 Å². The van der Waals surface area contributed by atoms with Gasteiger partial charge in [0.05, 0.1) is 0 Å². The van der Waals surface area contributed by atoms with Crippen LogP contribution in [-0.4, -0.2) is 17.9 Å². The third-order valence-corrected chi connectivity index (χ3v) is 3.05.